The minimum Gasteiger partial charge on any atom is -0.491 e. The van der Waals surface area contributed by atoms with Crippen molar-refractivity contribution in [2.75, 3.05) is 6.54 Å². The molecular formula is C14H19N3OS. The second kappa shape index (κ2) is 6.63. The van der Waals surface area contributed by atoms with Crippen LogP contribution in [0, 0.1) is 0 Å². The molecular weight excluding hydrogens is 258 g/mol. The van der Waals surface area contributed by atoms with Gasteiger partial charge in [0.2, 0.25) is 0 Å². The third-order valence-electron chi connectivity index (χ3n) is 2.66. The molecule has 0 aliphatic carbocycles. The van der Waals surface area contributed by atoms with Crippen molar-refractivity contribution in [1.29, 1.82) is 0 Å². The largest absolute Gasteiger partial charge is 0.491 e. The van der Waals surface area contributed by atoms with E-state index in [-0.39, 0.29) is 12.1 Å². The summed E-state index contributed by atoms with van der Waals surface area (Å²) in [4.78, 5) is 1.12. The SMILES string of the molecule is CCNC(c1ccc(OC(C)C)cc1)c1cnns1. The summed E-state index contributed by atoms with van der Waals surface area (Å²) in [6, 6.07) is 8.34. The Morgan fingerprint density at radius 3 is 2.53 bits per heavy atom. The average molecular weight is 277 g/mol. The molecule has 2 rings (SSSR count). The Hall–Kier alpha value is -1.46. The van der Waals surface area contributed by atoms with Gasteiger partial charge in [0.25, 0.3) is 0 Å². The van der Waals surface area contributed by atoms with Gasteiger partial charge in [0.1, 0.15) is 5.75 Å². The first kappa shape index (κ1) is 14.0. The van der Waals surface area contributed by atoms with Gasteiger partial charge in [-0.1, -0.05) is 23.5 Å². The maximum atomic E-state index is 5.66. The van der Waals surface area contributed by atoms with E-state index in [0.29, 0.717) is 0 Å². The van der Waals surface area contributed by atoms with Crippen LogP contribution in [0.4, 0.5) is 0 Å². The van der Waals surface area contributed by atoms with Crippen LogP contribution in [0.25, 0.3) is 0 Å². The van der Waals surface area contributed by atoms with Gasteiger partial charge in [-0.3, -0.25) is 0 Å². The highest BCUT2D eigenvalue weighted by Gasteiger charge is 2.15. The molecule has 0 saturated heterocycles. The van der Waals surface area contributed by atoms with Crippen LogP contribution < -0.4 is 10.1 Å². The topological polar surface area (TPSA) is 47.0 Å². The van der Waals surface area contributed by atoms with Crippen LogP contribution >= 0.6 is 11.5 Å². The first-order valence-corrected chi connectivity index (χ1v) is 7.25. The Bertz CT molecular complexity index is 482. The van der Waals surface area contributed by atoms with E-state index in [0.717, 1.165) is 17.2 Å². The van der Waals surface area contributed by atoms with Crippen LogP contribution in [0.15, 0.2) is 30.5 Å². The zero-order valence-corrected chi connectivity index (χ0v) is 12.3. The fraction of sp³-hybridized carbons (Fsp3) is 0.429. The van der Waals surface area contributed by atoms with Crippen LogP contribution in [0.5, 0.6) is 5.75 Å². The third kappa shape index (κ3) is 3.75. The van der Waals surface area contributed by atoms with Crippen molar-refractivity contribution in [2.45, 2.75) is 32.9 Å². The van der Waals surface area contributed by atoms with Crippen LogP contribution in [0.3, 0.4) is 0 Å². The van der Waals surface area contributed by atoms with Crippen LogP contribution in [-0.4, -0.2) is 22.2 Å². The van der Waals surface area contributed by atoms with E-state index in [2.05, 4.69) is 34.0 Å². The van der Waals surface area contributed by atoms with Gasteiger partial charge in [0.15, 0.2) is 0 Å². The molecule has 0 saturated carbocycles. The van der Waals surface area contributed by atoms with E-state index in [1.165, 1.54) is 17.1 Å². The molecule has 0 spiro atoms. The predicted octanol–water partition coefficient (Wildman–Crippen LogP) is 3.02. The number of aromatic nitrogens is 2. The quantitative estimate of drug-likeness (QED) is 0.881. The predicted molar refractivity (Wildman–Crippen MR) is 77.6 cm³/mol. The lowest BCUT2D eigenvalue weighted by Gasteiger charge is -2.17. The van der Waals surface area contributed by atoms with Gasteiger partial charge in [0, 0.05) is 0 Å². The normalized spacial score (nSPS) is 12.6. The van der Waals surface area contributed by atoms with E-state index in [9.17, 15) is 0 Å². The second-order valence-electron chi connectivity index (χ2n) is 4.55. The molecule has 0 fully saturated rings. The van der Waals surface area contributed by atoms with Crippen molar-refractivity contribution in [3.8, 4) is 5.75 Å². The van der Waals surface area contributed by atoms with Gasteiger partial charge >= 0.3 is 0 Å². The zero-order valence-electron chi connectivity index (χ0n) is 11.5. The molecule has 1 aromatic heterocycles. The Labute approximate surface area is 118 Å². The van der Waals surface area contributed by atoms with E-state index in [4.69, 9.17) is 4.74 Å². The van der Waals surface area contributed by atoms with Crippen molar-refractivity contribution >= 4 is 11.5 Å². The molecule has 0 aliphatic rings. The molecule has 1 aromatic carbocycles. The van der Waals surface area contributed by atoms with E-state index >= 15 is 0 Å². The molecule has 2 aromatic rings. The summed E-state index contributed by atoms with van der Waals surface area (Å²) >= 11 is 1.43. The van der Waals surface area contributed by atoms with E-state index in [1.807, 2.05) is 32.2 Å². The standard InChI is InChI=1S/C14H19N3OS/c1-4-15-14(13-9-16-17-19-13)11-5-7-12(8-6-11)18-10(2)3/h5-10,14-15H,4H2,1-3H3. The molecule has 0 bridgehead atoms. The monoisotopic (exact) mass is 277 g/mol. The summed E-state index contributed by atoms with van der Waals surface area (Å²) in [6.45, 7) is 7.04. The highest BCUT2D eigenvalue weighted by Crippen LogP contribution is 2.25. The molecule has 19 heavy (non-hydrogen) atoms. The van der Waals surface area contributed by atoms with Crippen molar-refractivity contribution in [3.63, 3.8) is 0 Å². The fourth-order valence-electron chi connectivity index (χ4n) is 1.90. The van der Waals surface area contributed by atoms with Gasteiger partial charge in [-0.2, -0.15) is 0 Å². The number of hydrogen-bond acceptors (Lipinski definition) is 5. The summed E-state index contributed by atoms with van der Waals surface area (Å²) in [5, 5.41) is 7.36. The Morgan fingerprint density at radius 1 is 1.26 bits per heavy atom. The molecule has 102 valence electrons. The van der Waals surface area contributed by atoms with Gasteiger partial charge in [-0.15, -0.1) is 5.10 Å². The van der Waals surface area contributed by atoms with Gasteiger partial charge in [-0.25, -0.2) is 0 Å². The second-order valence-corrected chi connectivity index (χ2v) is 5.36. The first-order chi connectivity index (χ1) is 9.20. The Morgan fingerprint density at radius 2 is 2.00 bits per heavy atom. The van der Waals surface area contributed by atoms with E-state index in [1.54, 1.807) is 0 Å². The minimum atomic E-state index is 0.151. The minimum absolute atomic E-state index is 0.151. The summed E-state index contributed by atoms with van der Waals surface area (Å²) in [5.41, 5.74) is 1.20. The number of hydrogen-bond donors (Lipinski definition) is 1. The number of rotatable bonds is 6. The van der Waals surface area contributed by atoms with Crippen molar-refractivity contribution in [3.05, 3.63) is 40.9 Å². The molecule has 0 radical (unpaired) electrons. The summed E-state index contributed by atoms with van der Waals surface area (Å²) < 4.78 is 9.59. The smallest absolute Gasteiger partial charge is 0.119 e. The number of nitrogens with one attached hydrogen (secondary N) is 1. The first-order valence-electron chi connectivity index (χ1n) is 6.48. The summed E-state index contributed by atoms with van der Waals surface area (Å²) in [5.74, 6) is 0.899. The van der Waals surface area contributed by atoms with Gasteiger partial charge < -0.3 is 10.1 Å². The molecule has 0 aliphatic heterocycles. The highest BCUT2D eigenvalue weighted by molar-refractivity contribution is 7.05. The summed E-state index contributed by atoms with van der Waals surface area (Å²) in [6.07, 6.45) is 2.01. The van der Waals surface area contributed by atoms with Crippen molar-refractivity contribution in [1.82, 2.24) is 14.9 Å². The average Bonchev–Trinajstić information content (AvgIpc) is 2.90. The van der Waals surface area contributed by atoms with Gasteiger partial charge in [-0.05, 0) is 49.6 Å². The molecule has 1 unspecified atom stereocenters. The van der Waals surface area contributed by atoms with Crippen molar-refractivity contribution < 1.29 is 4.74 Å². The fourth-order valence-corrected chi connectivity index (χ4v) is 2.51. The number of benzene rings is 1. The summed E-state index contributed by atoms with van der Waals surface area (Å²) in [7, 11) is 0. The van der Waals surface area contributed by atoms with E-state index < -0.39 is 0 Å². The molecule has 0 amide bonds. The molecule has 4 nitrogen and oxygen atoms in total. The maximum absolute atomic E-state index is 5.66. The maximum Gasteiger partial charge on any atom is 0.119 e. The number of nitrogens with zero attached hydrogens (tertiary/aromatic N) is 2. The van der Waals surface area contributed by atoms with Gasteiger partial charge in [0.05, 0.1) is 23.2 Å². The lowest BCUT2D eigenvalue weighted by atomic mass is 10.1. The molecule has 1 atom stereocenters. The van der Waals surface area contributed by atoms with Crippen LogP contribution in [0.1, 0.15) is 37.3 Å². The highest BCUT2D eigenvalue weighted by atomic mass is 32.1. The molecule has 1 heterocycles. The zero-order chi connectivity index (χ0) is 13.7. The van der Waals surface area contributed by atoms with Crippen molar-refractivity contribution in [2.24, 2.45) is 0 Å². The van der Waals surface area contributed by atoms with Crippen LogP contribution in [0.2, 0.25) is 0 Å². The Balaban J connectivity index is 2.18. The number of ether oxygens (including phenoxy) is 1. The van der Waals surface area contributed by atoms with Crippen LogP contribution in [-0.2, 0) is 0 Å². The lowest BCUT2D eigenvalue weighted by molar-refractivity contribution is 0.242. The Kier molecular flexibility index (Phi) is 4.87. The lowest BCUT2D eigenvalue weighted by Crippen LogP contribution is -2.21. The molecule has 1 N–H and O–H groups in total. The molecule has 5 heteroatoms. The third-order valence-corrected chi connectivity index (χ3v) is 3.38.